The van der Waals surface area contributed by atoms with E-state index in [1.807, 2.05) is 49.1 Å². The number of carboxylic acids is 1. The summed E-state index contributed by atoms with van der Waals surface area (Å²) in [6.07, 6.45) is 1.55. The number of benzene rings is 3. The van der Waals surface area contributed by atoms with E-state index in [9.17, 15) is 19.5 Å². The number of aryl methyl sites for hydroxylation is 2. The van der Waals surface area contributed by atoms with Gasteiger partial charge >= 0.3 is 11.8 Å². The number of para-hydroxylation sites is 1. The minimum absolute atomic E-state index is 0.00121. The first-order chi connectivity index (χ1) is 19.3. The maximum absolute atomic E-state index is 13.5. The van der Waals surface area contributed by atoms with Crippen LogP contribution in [0.3, 0.4) is 0 Å². The number of carbonyl (C=O) groups is 2. The second-order valence-corrected chi connectivity index (χ2v) is 9.98. The Morgan fingerprint density at radius 2 is 1.62 bits per heavy atom. The van der Waals surface area contributed by atoms with Gasteiger partial charge in [-0.1, -0.05) is 50.2 Å². The zero-order chi connectivity index (χ0) is 28.4. The third kappa shape index (κ3) is 5.24. The van der Waals surface area contributed by atoms with Crippen LogP contribution in [-0.2, 0) is 22.4 Å². The third-order valence-corrected chi connectivity index (χ3v) is 7.73. The Labute approximate surface area is 231 Å². The van der Waals surface area contributed by atoms with Gasteiger partial charge in [0.2, 0.25) is 5.91 Å². The number of methoxy groups -OCH3 is 1. The van der Waals surface area contributed by atoms with Gasteiger partial charge in [0.25, 0.3) is 0 Å². The quantitative estimate of drug-likeness (QED) is 0.302. The molecule has 0 aliphatic carbocycles. The molecule has 1 amide bonds. The van der Waals surface area contributed by atoms with Gasteiger partial charge in [-0.15, -0.1) is 0 Å². The molecule has 3 atom stereocenters. The molecule has 0 radical (unpaired) electrons. The molecule has 1 saturated heterocycles. The van der Waals surface area contributed by atoms with Gasteiger partial charge < -0.3 is 24.0 Å². The Morgan fingerprint density at radius 3 is 2.25 bits per heavy atom. The fourth-order valence-corrected chi connectivity index (χ4v) is 5.82. The summed E-state index contributed by atoms with van der Waals surface area (Å²) in [5.41, 5.74) is 4.94. The van der Waals surface area contributed by atoms with Crippen molar-refractivity contribution in [1.82, 2.24) is 4.90 Å². The first kappa shape index (κ1) is 27.2. The van der Waals surface area contributed by atoms with Gasteiger partial charge in [-0.05, 0) is 59.4 Å². The number of fused-ring (bicyclic) bond motifs is 1. The van der Waals surface area contributed by atoms with Crippen molar-refractivity contribution in [3.63, 3.8) is 0 Å². The highest BCUT2D eigenvalue weighted by Gasteiger charge is 2.48. The molecule has 1 aliphatic heterocycles. The third-order valence-electron chi connectivity index (χ3n) is 7.73. The summed E-state index contributed by atoms with van der Waals surface area (Å²) in [7, 11) is 1.57. The standard InChI is InChI=1S/C31H32N2O7/c1-4-18-7-6-8-19(5-2)28(18)32-26(34)17-33-16-23(21-11-14-24-25(15-21)40-31(37)39-24)27(30(35)36)29(33)20-9-12-22(38-3)13-10-20/h6-15,23,27,29H,4-5,16-17H2,1-3H3,(H,32,34)(H,35,36)/t23-,27-,29+/m1/s1. The number of anilines is 1. The Kier molecular flexibility index (Phi) is 7.75. The summed E-state index contributed by atoms with van der Waals surface area (Å²) in [6.45, 7) is 4.41. The number of aliphatic carboxylic acids is 1. The van der Waals surface area contributed by atoms with E-state index in [4.69, 9.17) is 13.6 Å². The summed E-state index contributed by atoms with van der Waals surface area (Å²) in [5, 5.41) is 13.6. The van der Waals surface area contributed by atoms with Crippen LogP contribution in [0.4, 0.5) is 5.69 Å². The molecule has 2 heterocycles. The zero-order valence-corrected chi connectivity index (χ0v) is 22.7. The second kappa shape index (κ2) is 11.4. The maximum Gasteiger partial charge on any atom is 0.519 e. The van der Waals surface area contributed by atoms with Crippen molar-refractivity contribution in [3.8, 4) is 5.75 Å². The number of hydrogen-bond donors (Lipinski definition) is 2. The number of hydrogen-bond acceptors (Lipinski definition) is 7. The lowest BCUT2D eigenvalue weighted by atomic mass is 9.83. The van der Waals surface area contributed by atoms with Crippen LogP contribution in [0.5, 0.6) is 5.75 Å². The Bertz CT molecular complexity index is 1570. The van der Waals surface area contributed by atoms with Gasteiger partial charge in [-0.25, -0.2) is 4.79 Å². The molecule has 0 unspecified atom stereocenters. The van der Waals surface area contributed by atoms with Crippen LogP contribution < -0.4 is 15.9 Å². The molecule has 1 fully saturated rings. The van der Waals surface area contributed by atoms with Crippen LogP contribution in [0.1, 0.15) is 48.1 Å². The predicted octanol–water partition coefficient (Wildman–Crippen LogP) is 5.00. The van der Waals surface area contributed by atoms with Crippen molar-refractivity contribution in [2.45, 2.75) is 38.6 Å². The Balaban J connectivity index is 1.51. The van der Waals surface area contributed by atoms with Crippen LogP contribution in [0.15, 0.2) is 74.3 Å². The number of likely N-dealkylation sites (tertiary alicyclic amines) is 1. The molecule has 4 aromatic rings. The van der Waals surface area contributed by atoms with E-state index < -0.39 is 29.7 Å². The summed E-state index contributed by atoms with van der Waals surface area (Å²) < 4.78 is 15.5. The minimum Gasteiger partial charge on any atom is -0.497 e. The summed E-state index contributed by atoms with van der Waals surface area (Å²) in [4.78, 5) is 39.8. The fourth-order valence-electron chi connectivity index (χ4n) is 5.82. The Morgan fingerprint density at radius 1 is 0.975 bits per heavy atom. The normalized spacial score (nSPS) is 19.1. The second-order valence-electron chi connectivity index (χ2n) is 9.98. The molecule has 0 bridgehead atoms. The lowest BCUT2D eigenvalue weighted by molar-refractivity contribution is -0.143. The molecule has 3 aromatic carbocycles. The lowest BCUT2D eigenvalue weighted by Gasteiger charge is -2.27. The largest absolute Gasteiger partial charge is 0.519 e. The minimum atomic E-state index is -0.980. The SMILES string of the molecule is CCc1cccc(CC)c1NC(=O)CN1C[C@H](c2ccc3oc(=O)oc3c2)[C@@H](C(=O)O)[C@@H]1c1ccc(OC)cc1. The first-order valence-corrected chi connectivity index (χ1v) is 13.4. The Hall–Kier alpha value is -4.37. The topological polar surface area (TPSA) is 122 Å². The molecule has 208 valence electrons. The van der Waals surface area contributed by atoms with Crippen LogP contribution in [-0.4, -0.2) is 42.1 Å². The van der Waals surface area contributed by atoms with Gasteiger partial charge in [-0.2, -0.15) is 0 Å². The molecule has 9 heteroatoms. The van der Waals surface area contributed by atoms with E-state index in [1.54, 1.807) is 37.4 Å². The molecule has 2 N–H and O–H groups in total. The fraction of sp³-hybridized carbons (Fsp3) is 0.323. The van der Waals surface area contributed by atoms with Gasteiger partial charge in [-0.3, -0.25) is 14.5 Å². The number of carboxylic acid groups (broad SMARTS) is 1. The summed E-state index contributed by atoms with van der Waals surface area (Å²) in [5.74, 6) is -2.70. The van der Waals surface area contributed by atoms with Crippen LogP contribution in [0.25, 0.3) is 11.2 Å². The molecule has 5 rings (SSSR count). The highest BCUT2D eigenvalue weighted by molar-refractivity contribution is 5.94. The average Bonchev–Trinajstić information content (AvgIpc) is 3.52. The van der Waals surface area contributed by atoms with Crippen LogP contribution in [0, 0.1) is 5.92 Å². The summed E-state index contributed by atoms with van der Waals surface area (Å²) >= 11 is 0. The maximum atomic E-state index is 13.5. The molecule has 40 heavy (non-hydrogen) atoms. The number of amides is 1. The number of nitrogens with zero attached hydrogens (tertiary/aromatic N) is 1. The molecule has 9 nitrogen and oxygen atoms in total. The molecular weight excluding hydrogens is 512 g/mol. The molecular formula is C31H32N2O7. The van der Waals surface area contributed by atoms with E-state index in [0.29, 0.717) is 23.4 Å². The first-order valence-electron chi connectivity index (χ1n) is 13.4. The molecule has 1 aliphatic rings. The smallest absolute Gasteiger partial charge is 0.497 e. The molecule has 0 spiro atoms. The van der Waals surface area contributed by atoms with Crippen molar-refractivity contribution in [2.75, 3.05) is 25.5 Å². The van der Waals surface area contributed by atoms with E-state index in [1.165, 1.54) is 0 Å². The lowest BCUT2D eigenvalue weighted by Crippen LogP contribution is -2.35. The highest BCUT2D eigenvalue weighted by atomic mass is 16.6. The average molecular weight is 545 g/mol. The van der Waals surface area contributed by atoms with E-state index in [2.05, 4.69) is 5.32 Å². The van der Waals surface area contributed by atoms with Crippen molar-refractivity contribution in [1.29, 1.82) is 0 Å². The number of ether oxygens (including phenoxy) is 1. The predicted molar refractivity (Wildman–Crippen MR) is 150 cm³/mol. The van der Waals surface area contributed by atoms with E-state index >= 15 is 0 Å². The van der Waals surface area contributed by atoms with Gasteiger partial charge in [0, 0.05) is 24.2 Å². The van der Waals surface area contributed by atoms with Gasteiger partial charge in [0.15, 0.2) is 11.2 Å². The monoisotopic (exact) mass is 544 g/mol. The van der Waals surface area contributed by atoms with Crippen LogP contribution in [0.2, 0.25) is 0 Å². The van der Waals surface area contributed by atoms with Crippen molar-refractivity contribution in [2.24, 2.45) is 5.92 Å². The number of carbonyl (C=O) groups excluding carboxylic acids is 1. The zero-order valence-electron chi connectivity index (χ0n) is 22.7. The number of rotatable bonds is 9. The number of nitrogens with one attached hydrogen (secondary N) is 1. The van der Waals surface area contributed by atoms with Gasteiger partial charge in [0.05, 0.1) is 19.6 Å². The van der Waals surface area contributed by atoms with Crippen molar-refractivity contribution < 1.29 is 28.3 Å². The van der Waals surface area contributed by atoms with Crippen molar-refractivity contribution in [3.05, 3.63) is 93.5 Å². The summed E-state index contributed by atoms with van der Waals surface area (Å²) in [6, 6.07) is 17.7. The van der Waals surface area contributed by atoms with Crippen LogP contribution >= 0.6 is 0 Å². The van der Waals surface area contributed by atoms with Crippen molar-refractivity contribution >= 4 is 28.7 Å². The van der Waals surface area contributed by atoms with Gasteiger partial charge in [0.1, 0.15) is 5.75 Å². The molecule has 0 saturated carbocycles. The molecule has 1 aromatic heterocycles. The van der Waals surface area contributed by atoms with E-state index in [-0.39, 0.29) is 18.0 Å². The van der Waals surface area contributed by atoms with E-state index in [0.717, 1.165) is 35.2 Å². The highest BCUT2D eigenvalue weighted by Crippen LogP contribution is 2.46.